The van der Waals surface area contributed by atoms with Crippen LogP contribution in [-0.4, -0.2) is 56.6 Å². The van der Waals surface area contributed by atoms with Crippen molar-refractivity contribution in [3.8, 4) is 23.7 Å². The lowest BCUT2D eigenvalue weighted by Gasteiger charge is -2.35. The number of anilines is 2. The fraction of sp³-hybridized carbons (Fsp3) is 0.278. The summed E-state index contributed by atoms with van der Waals surface area (Å²) < 4.78 is 10.7. The van der Waals surface area contributed by atoms with Gasteiger partial charge in [0.15, 0.2) is 11.6 Å². The molecule has 2 fully saturated rings. The van der Waals surface area contributed by atoms with Crippen molar-refractivity contribution in [2.45, 2.75) is 51.7 Å². The molecule has 0 unspecified atom stereocenters. The third-order valence-corrected chi connectivity index (χ3v) is 7.10. The Kier molecular flexibility index (Phi) is 9.58. The van der Waals surface area contributed by atoms with E-state index in [1.807, 2.05) is 88.4 Å². The largest absolute Gasteiger partial charge is 0.443 e. The Morgan fingerprint density at radius 3 is 1.57 bits per heavy atom. The van der Waals surface area contributed by atoms with E-state index in [1.54, 1.807) is 24.5 Å². The molecule has 2 aromatic carbocycles. The summed E-state index contributed by atoms with van der Waals surface area (Å²) in [6, 6.07) is 22.8. The second-order valence-electron chi connectivity index (χ2n) is 11.8. The number of aromatic nitrogens is 4. The van der Waals surface area contributed by atoms with Gasteiger partial charge in [0.05, 0.1) is 12.4 Å². The van der Waals surface area contributed by atoms with E-state index in [0.29, 0.717) is 36.1 Å². The number of benzene rings is 2. The van der Waals surface area contributed by atoms with Crippen LogP contribution in [0.3, 0.4) is 0 Å². The van der Waals surface area contributed by atoms with Crippen LogP contribution in [0.1, 0.15) is 63.1 Å². The standard InChI is InChI=1S/2C18H17N3O2/c1-18(2)10-11-21(17(22)23-18)16-13-19-15(12-20-16)9-8-14-6-4-3-5-7-14;1-18(2)12-13-21(17(22)23-18)16-11-10-15(19-20-16)9-8-14-6-4-3-5-7-14/h3-7,12-13H,10-11H2,1-2H3;3-7,10-11H,12-13H2,1-2H3. The third kappa shape index (κ3) is 8.67. The Bertz CT molecular complexity index is 1650. The molecule has 0 atom stereocenters. The molecular formula is C36H34N6O4. The maximum Gasteiger partial charge on any atom is 0.416 e. The summed E-state index contributed by atoms with van der Waals surface area (Å²) in [5, 5.41) is 8.15. The SMILES string of the molecule is CC1(C)CCN(c2ccc(C#Cc3ccccc3)nn2)C(=O)O1.CC1(C)CCN(c2cnc(C#Cc3ccccc3)cn2)C(=O)O1. The predicted octanol–water partition coefficient (Wildman–Crippen LogP) is 6.00. The van der Waals surface area contributed by atoms with Crippen LogP contribution in [0.25, 0.3) is 0 Å². The molecule has 6 rings (SSSR count). The van der Waals surface area contributed by atoms with E-state index in [0.717, 1.165) is 24.0 Å². The van der Waals surface area contributed by atoms with Crippen molar-refractivity contribution in [3.63, 3.8) is 0 Å². The van der Waals surface area contributed by atoms with Gasteiger partial charge in [0.25, 0.3) is 0 Å². The fourth-order valence-electron chi connectivity index (χ4n) is 4.42. The van der Waals surface area contributed by atoms with Gasteiger partial charge in [-0.3, -0.25) is 9.80 Å². The van der Waals surface area contributed by atoms with E-state index >= 15 is 0 Å². The van der Waals surface area contributed by atoms with Crippen LogP contribution in [-0.2, 0) is 9.47 Å². The summed E-state index contributed by atoms with van der Waals surface area (Å²) in [5.41, 5.74) is 2.09. The van der Waals surface area contributed by atoms with E-state index in [-0.39, 0.29) is 0 Å². The topological polar surface area (TPSA) is 111 Å². The Morgan fingerprint density at radius 1 is 0.587 bits per heavy atom. The molecule has 232 valence electrons. The lowest BCUT2D eigenvalue weighted by molar-refractivity contribution is 0.0224. The highest BCUT2D eigenvalue weighted by Gasteiger charge is 2.35. The lowest BCUT2D eigenvalue weighted by atomic mass is 10.0. The van der Waals surface area contributed by atoms with Gasteiger partial charge in [-0.25, -0.2) is 19.6 Å². The van der Waals surface area contributed by atoms with E-state index in [2.05, 4.69) is 43.8 Å². The quantitative estimate of drug-likeness (QED) is 0.253. The van der Waals surface area contributed by atoms with Gasteiger partial charge < -0.3 is 9.47 Å². The van der Waals surface area contributed by atoms with Crippen LogP contribution in [0.4, 0.5) is 21.2 Å². The molecule has 4 aromatic rings. The smallest absolute Gasteiger partial charge is 0.416 e. The van der Waals surface area contributed by atoms with Crippen molar-refractivity contribution >= 4 is 23.8 Å². The maximum absolute atomic E-state index is 12.0. The zero-order chi connectivity index (χ0) is 32.6. The first-order valence-corrected chi connectivity index (χ1v) is 14.9. The number of nitrogens with zero attached hydrogens (tertiary/aromatic N) is 6. The number of hydrogen-bond acceptors (Lipinski definition) is 8. The van der Waals surface area contributed by atoms with Gasteiger partial charge in [-0.15, -0.1) is 10.2 Å². The van der Waals surface area contributed by atoms with Crippen LogP contribution >= 0.6 is 0 Å². The molecule has 2 saturated heterocycles. The summed E-state index contributed by atoms with van der Waals surface area (Å²) in [6.45, 7) is 8.73. The van der Waals surface area contributed by atoms with E-state index in [9.17, 15) is 9.59 Å². The molecule has 0 aliphatic carbocycles. The summed E-state index contributed by atoms with van der Waals surface area (Å²) in [6.07, 6.45) is 3.83. The fourth-order valence-corrected chi connectivity index (χ4v) is 4.42. The molecular weight excluding hydrogens is 580 g/mol. The highest BCUT2D eigenvalue weighted by atomic mass is 16.6. The van der Waals surface area contributed by atoms with Crippen LogP contribution in [0.2, 0.25) is 0 Å². The third-order valence-electron chi connectivity index (χ3n) is 7.10. The first kappa shape index (κ1) is 31.7. The second kappa shape index (κ2) is 13.9. The number of cyclic esters (lactones) is 2. The molecule has 2 aromatic heterocycles. The minimum Gasteiger partial charge on any atom is -0.443 e. The van der Waals surface area contributed by atoms with Crippen molar-refractivity contribution in [1.29, 1.82) is 0 Å². The van der Waals surface area contributed by atoms with Crippen LogP contribution in [0.5, 0.6) is 0 Å². The van der Waals surface area contributed by atoms with Gasteiger partial charge in [0.1, 0.15) is 22.6 Å². The minimum atomic E-state index is -0.428. The van der Waals surface area contributed by atoms with E-state index < -0.39 is 23.4 Å². The van der Waals surface area contributed by atoms with Crippen molar-refractivity contribution < 1.29 is 19.1 Å². The average molecular weight is 615 g/mol. The van der Waals surface area contributed by atoms with Crippen molar-refractivity contribution in [1.82, 2.24) is 20.2 Å². The number of carbonyl (C=O) groups excluding carboxylic acids is 2. The number of ether oxygens (including phenoxy) is 2. The molecule has 2 aliphatic heterocycles. The zero-order valence-corrected chi connectivity index (χ0v) is 26.2. The van der Waals surface area contributed by atoms with E-state index in [4.69, 9.17) is 9.47 Å². The first-order chi connectivity index (χ1) is 22.1. The molecule has 0 N–H and O–H groups in total. The van der Waals surface area contributed by atoms with Crippen LogP contribution in [0, 0.1) is 23.7 Å². The number of hydrogen-bond donors (Lipinski definition) is 0. The van der Waals surface area contributed by atoms with Crippen LogP contribution in [0.15, 0.2) is 85.2 Å². The number of carbonyl (C=O) groups is 2. The van der Waals surface area contributed by atoms with Crippen molar-refractivity contribution in [2.24, 2.45) is 0 Å². The molecule has 4 heterocycles. The Hall–Kier alpha value is -5.74. The Balaban J connectivity index is 0.000000181. The van der Waals surface area contributed by atoms with Crippen molar-refractivity contribution in [2.75, 3.05) is 22.9 Å². The monoisotopic (exact) mass is 614 g/mol. The van der Waals surface area contributed by atoms with Crippen molar-refractivity contribution in [3.05, 3.63) is 108 Å². The summed E-state index contributed by atoms with van der Waals surface area (Å²) >= 11 is 0. The van der Waals surface area contributed by atoms with Gasteiger partial charge in [-0.2, -0.15) is 0 Å². The summed E-state index contributed by atoms with van der Waals surface area (Å²) in [4.78, 5) is 35.5. The molecule has 0 saturated carbocycles. The number of amides is 2. The highest BCUT2D eigenvalue weighted by Crippen LogP contribution is 2.26. The average Bonchev–Trinajstić information content (AvgIpc) is 3.04. The summed E-state index contributed by atoms with van der Waals surface area (Å²) in [7, 11) is 0. The Morgan fingerprint density at radius 2 is 1.11 bits per heavy atom. The normalized spacial score (nSPS) is 16.3. The molecule has 10 nitrogen and oxygen atoms in total. The number of rotatable bonds is 2. The molecule has 2 aliphatic rings. The molecule has 0 radical (unpaired) electrons. The molecule has 10 heteroatoms. The van der Waals surface area contributed by atoms with E-state index in [1.165, 1.54) is 9.80 Å². The Labute approximate surface area is 268 Å². The lowest BCUT2D eigenvalue weighted by Crippen LogP contribution is -2.47. The zero-order valence-electron chi connectivity index (χ0n) is 26.2. The second-order valence-corrected chi connectivity index (χ2v) is 11.8. The van der Waals surface area contributed by atoms with Gasteiger partial charge in [0, 0.05) is 37.1 Å². The van der Waals surface area contributed by atoms with Gasteiger partial charge in [-0.05, 0) is 75.9 Å². The van der Waals surface area contributed by atoms with Crippen LogP contribution < -0.4 is 9.80 Å². The highest BCUT2D eigenvalue weighted by molar-refractivity contribution is 5.87. The molecule has 0 bridgehead atoms. The predicted molar refractivity (Wildman–Crippen MR) is 174 cm³/mol. The van der Waals surface area contributed by atoms with Gasteiger partial charge in [0.2, 0.25) is 0 Å². The maximum atomic E-state index is 12.0. The molecule has 0 spiro atoms. The molecule has 2 amide bonds. The first-order valence-electron chi connectivity index (χ1n) is 14.9. The van der Waals surface area contributed by atoms with Gasteiger partial charge >= 0.3 is 12.2 Å². The summed E-state index contributed by atoms with van der Waals surface area (Å²) in [5.74, 6) is 12.9. The minimum absolute atomic E-state index is 0.390. The molecule has 46 heavy (non-hydrogen) atoms. The van der Waals surface area contributed by atoms with Gasteiger partial charge in [-0.1, -0.05) is 48.2 Å².